The minimum absolute atomic E-state index is 0.0382. The summed E-state index contributed by atoms with van der Waals surface area (Å²) in [4.78, 5) is 25.8. The summed E-state index contributed by atoms with van der Waals surface area (Å²) in [6.45, 7) is 4.17. The van der Waals surface area contributed by atoms with Crippen LogP contribution in [0.15, 0.2) is 22.5 Å². The molecule has 0 aromatic heterocycles. The van der Waals surface area contributed by atoms with Gasteiger partial charge in [0.25, 0.3) is 0 Å². The Balaban J connectivity index is 1.70. The number of nitrogens with one attached hydrogen (secondary N) is 1. The van der Waals surface area contributed by atoms with Crippen LogP contribution in [-0.4, -0.2) is 18.4 Å². The lowest BCUT2D eigenvalue weighted by molar-refractivity contribution is -0.139. The molecule has 136 valence electrons. The Labute approximate surface area is 150 Å². The number of carbonyl (C=O) groups is 2. The fourth-order valence-corrected chi connectivity index (χ4v) is 5.33. The average Bonchev–Trinajstić information content (AvgIpc) is 3.39. The van der Waals surface area contributed by atoms with Crippen LogP contribution >= 0.6 is 0 Å². The molecule has 0 bridgehead atoms. The normalized spacial score (nSPS) is 28.7. The number of ether oxygens (including phenoxy) is 1. The zero-order valence-corrected chi connectivity index (χ0v) is 15.5. The average molecular weight is 343 g/mol. The van der Waals surface area contributed by atoms with Crippen molar-refractivity contribution in [1.82, 2.24) is 5.32 Å². The fourth-order valence-electron chi connectivity index (χ4n) is 5.33. The zero-order chi connectivity index (χ0) is 17.6. The lowest BCUT2D eigenvalue weighted by Gasteiger charge is -2.44. The van der Waals surface area contributed by atoms with Crippen LogP contribution < -0.4 is 5.32 Å². The quantitative estimate of drug-likeness (QED) is 0.786. The summed E-state index contributed by atoms with van der Waals surface area (Å²) in [7, 11) is 0. The third kappa shape index (κ3) is 2.94. The molecule has 0 radical (unpaired) electrons. The Morgan fingerprint density at radius 1 is 1.20 bits per heavy atom. The van der Waals surface area contributed by atoms with Crippen molar-refractivity contribution >= 4 is 11.8 Å². The van der Waals surface area contributed by atoms with Crippen molar-refractivity contribution in [3.05, 3.63) is 22.5 Å². The minimum Gasteiger partial charge on any atom is -0.463 e. The highest BCUT2D eigenvalue weighted by Gasteiger charge is 2.49. The maximum Gasteiger partial charge on any atom is 0.336 e. The van der Waals surface area contributed by atoms with E-state index in [-0.39, 0.29) is 23.1 Å². The van der Waals surface area contributed by atoms with Gasteiger partial charge in [-0.25, -0.2) is 4.79 Å². The molecule has 1 N–H and O–H groups in total. The van der Waals surface area contributed by atoms with E-state index in [1.807, 2.05) is 13.8 Å². The van der Waals surface area contributed by atoms with Gasteiger partial charge < -0.3 is 10.1 Å². The Morgan fingerprint density at radius 2 is 1.92 bits per heavy atom. The van der Waals surface area contributed by atoms with Crippen molar-refractivity contribution in [3.63, 3.8) is 0 Å². The standard InChI is InChI=1S/C21H29NO3/c1-3-25-20(24)17-13(2)22-15-11-21(9-5-4-6-10-21)12-16(23)19(15)18(17)14-7-8-14/h14,18,22H,3-12H2,1-2H3. The van der Waals surface area contributed by atoms with Crippen molar-refractivity contribution in [3.8, 4) is 0 Å². The van der Waals surface area contributed by atoms with Gasteiger partial charge >= 0.3 is 5.97 Å². The lowest BCUT2D eigenvalue weighted by Crippen LogP contribution is -2.42. The molecule has 4 aliphatic rings. The summed E-state index contributed by atoms with van der Waals surface area (Å²) in [6, 6.07) is 0. The molecule has 1 spiro atoms. The highest BCUT2D eigenvalue weighted by Crippen LogP contribution is 2.54. The number of dihydropyridines is 1. The zero-order valence-electron chi connectivity index (χ0n) is 15.5. The summed E-state index contributed by atoms with van der Waals surface area (Å²) in [6.07, 6.45) is 9.97. The molecule has 0 aromatic carbocycles. The number of allylic oxidation sites excluding steroid dienone is 3. The first-order valence-corrected chi connectivity index (χ1v) is 9.96. The predicted molar refractivity (Wildman–Crippen MR) is 95.5 cm³/mol. The van der Waals surface area contributed by atoms with E-state index in [1.165, 1.54) is 32.1 Å². The summed E-state index contributed by atoms with van der Waals surface area (Å²) < 4.78 is 5.31. The first-order chi connectivity index (χ1) is 12.0. The van der Waals surface area contributed by atoms with E-state index < -0.39 is 0 Å². The summed E-state index contributed by atoms with van der Waals surface area (Å²) in [5.74, 6) is 0.429. The lowest BCUT2D eigenvalue weighted by atomic mass is 9.62. The highest BCUT2D eigenvalue weighted by molar-refractivity contribution is 6.02. The topological polar surface area (TPSA) is 55.4 Å². The second kappa shape index (κ2) is 6.30. The third-order valence-electron chi connectivity index (χ3n) is 6.58. The SMILES string of the molecule is CCOC(=O)C1=C(C)NC2=C(C(=O)CC3(CCCCC3)C2)C1C1CC1. The third-order valence-corrected chi connectivity index (χ3v) is 6.58. The molecule has 4 heteroatoms. The molecule has 0 saturated heterocycles. The van der Waals surface area contributed by atoms with Gasteiger partial charge in [0.2, 0.25) is 0 Å². The predicted octanol–water partition coefficient (Wildman–Crippen LogP) is 4.02. The molecule has 2 fully saturated rings. The number of hydrogen-bond donors (Lipinski definition) is 1. The van der Waals surface area contributed by atoms with E-state index in [2.05, 4.69) is 5.32 Å². The van der Waals surface area contributed by atoms with E-state index in [0.717, 1.165) is 36.2 Å². The summed E-state index contributed by atoms with van der Waals surface area (Å²) >= 11 is 0. The number of hydrogen-bond acceptors (Lipinski definition) is 4. The van der Waals surface area contributed by atoms with Crippen molar-refractivity contribution < 1.29 is 14.3 Å². The molecule has 0 amide bonds. The van der Waals surface area contributed by atoms with Crippen LogP contribution in [0.4, 0.5) is 0 Å². The van der Waals surface area contributed by atoms with Crippen LogP contribution in [-0.2, 0) is 14.3 Å². The number of Topliss-reactive ketones (excluding diaryl/α,β-unsaturated/α-hetero) is 1. The molecule has 2 saturated carbocycles. The van der Waals surface area contributed by atoms with Crippen LogP contribution in [0.1, 0.15) is 71.6 Å². The Kier molecular flexibility index (Phi) is 4.25. The minimum atomic E-state index is -0.248. The van der Waals surface area contributed by atoms with Crippen LogP contribution in [0.3, 0.4) is 0 Å². The van der Waals surface area contributed by atoms with Gasteiger partial charge in [-0.15, -0.1) is 0 Å². The largest absolute Gasteiger partial charge is 0.463 e. The molecule has 1 atom stereocenters. The number of rotatable bonds is 3. The van der Waals surface area contributed by atoms with Crippen LogP contribution in [0, 0.1) is 17.3 Å². The summed E-state index contributed by atoms with van der Waals surface area (Å²) in [5, 5.41) is 3.46. The van der Waals surface area contributed by atoms with Crippen molar-refractivity contribution in [2.45, 2.75) is 71.6 Å². The number of ketones is 1. The van der Waals surface area contributed by atoms with Crippen LogP contribution in [0.25, 0.3) is 0 Å². The van der Waals surface area contributed by atoms with Crippen LogP contribution in [0.5, 0.6) is 0 Å². The van der Waals surface area contributed by atoms with Gasteiger partial charge in [0.15, 0.2) is 5.78 Å². The molecule has 25 heavy (non-hydrogen) atoms. The van der Waals surface area contributed by atoms with E-state index in [4.69, 9.17) is 4.74 Å². The van der Waals surface area contributed by atoms with Gasteiger partial charge in [-0.1, -0.05) is 19.3 Å². The monoisotopic (exact) mass is 343 g/mol. The maximum absolute atomic E-state index is 13.2. The maximum atomic E-state index is 13.2. The fraction of sp³-hybridized carbons (Fsp3) is 0.714. The molecule has 1 aliphatic heterocycles. The van der Waals surface area contributed by atoms with E-state index >= 15 is 0 Å². The Morgan fingerprint density at radius 3 is 2.56 bits per heavy atom. The Bertz CT molecular complexity index is 663. The second-order valence-electron chi connectivity index (χ2n) is 8.43. The molecule has 3 aliphatic carbocycles. The molecule has 0 aromatic rings. The van der Waals surface area contributed by atoms with Crippen molar-refractivity contribution in [2.24, 2.45) is 17.3 Å². The number of esters is 1. The van der Waals surface area contributed by atoms with Gasteiger partial charge in [-0.2, -0.15) is 0 Å². The molecule has 4 rings (SSSR count). The molecular formula is C21H29NO3. The van der Waals surface area contributed by atoms with E-state index in [0.29, 0.717) is 24.5 Å². The van der Waals surface area contributed by atoms with E-state index in [9.17, 15) is 9.59 Å². The van der Waals surface area contributed by atoms with Gasteiger partial charge in [-0.3, -0.25) is 4.79 Å². The Hall–Kier alpha value is -1.58. The van der Waals surface area contributed by atoms with E-state index in [1.54, 1.807) is 0 Å². The van der Waals surface area contributed by atoms with Gasteiger partial charge in [0.1, 0.15) is 0 Å². The van der Waals surface area contributed by atoms with Crippen LogP contribution in [0.2, 0.25) is 0 Å². The summed E-state index contributed by atoms with van der Waals surface area (Å²) in [5.41, 5.74) is 3.79. The first kappa shape index (κ1) is 16.9. The van der Waals surface area contributed by atoms with Gasteiger partial charge in [0, 0.05) is 29.3 Å². The van der Waals surface area contributed by atoms with Crippen molar-refractivity contribution in [1.29, 1.82) is 0 Å². The molecule has 4 nitrogen and oxygen atoms in total. The first-order valence-electron chi connectivity index (χ1n) is 9.96. The smallest absolute Gasteiger partial charge is 0.336 e. The van der Waals surface area contributed by atoms with Gasteiger partial charge in [-0.05, 0) is 57.3 Å². The second-order valence-corrected chi connectivity index (χ2v) is 8.43. The molecule has 1 heterocycles. The molecular weight excluding hydrogens is 314 g/mol. The molecule has 1 unspecified atom stereocenters. The van der Waals surface area contributed by atoms with Gasteiger partial charge in [0.05, 0.1) is 12.2 Å². The van der Waals surface area contributed by atoms with Crippen molar-refractivity contribution in [2.75, 3.05) is 6.61 Å². The highest BCUT2D eigenvalue weighted by atomic mass is 16.5. The number of carbonyl (C=O) groups excluding carboxylic acids is 2.